The second-order valence-electron chi connectivity index (χ2n) is 4.31. The lowest BCUT2D eigenvalue weighted by Crippen LogP contribution is -2.40. The smallest absolute Gasteiger partial charge is 0.255 e. The second kappa shape index (κ2) is 5.83. The van der Waals surface area contributed by atoms with E-state index in [9.17, 15) is 4.79 Å². The van der Waals surface area contributed by atoms with E-state index in [2.05, 4.69) is 20.9 Å². The molecule has 0 aliphatic carbocycles. The molecule has 0 spiro atoms. The molecule has 2 heterocycles. The van der Waals surface area contributed by atoms with Gasteiger partial charge in [0.1, 0.15) is 0 Å². The first kappa shape index (κ1) is 12.8. The monoisotopic (exact) mass is 316 g/mol. The Hall–Kier alpha value is -0.610. The highest BCUT2D eigenvalue weighted by Gasteiger charge is 2.24. The Bertz CT molecular complexity index is 413. The van der Waals surface area contributed by atoms with Crippen LogP contribution in [0, 0.1) is 5.92 Å². The van der Waals surface area contributed by atoms with Crippen LogP contribution in [0.1, 0.15) is 23.2 Å². The van der Waals surface area contributed by atoms with Crippen molar-refractivity contribution in [1.82, 2.24) is 9.88 Å². The van der Waals surface area contributed by atoms with E-state index in [1.807, 2.05) is 4.90 Å². The first-order valence-electron chi connectivity index (χ1n) is 5.66. The number of rotatable bonds is 2. The number of aromatic nitrogens is 1. The Morgan fingerprint density at radius 1 is 1.59 bits per heavy atom. The van der Waals surface area contributed by atoms with E-state index in [0.717, 1.165) is 30.4 Å². The van der Waals surface area contributed by atoms with Gasteiger partial charge >= 0.3 is 0 Å². The van der Waals surface area contributed by atoms with E-state index in [1.165, 1.54) is 0 Å². The first-order valence-corrected chi connectivity index (χ1v) is 6.99. The van der Waals surface area contributed by atoms with Gasteiger partial charge in [-0.15, -0.1) is 11.6 Å². The summed E-state index contributed by atoms with van der Waals surface area (Å²) in [5.74, 6) is 1.10. The number of piperidine rings is 1. The van der Waals surface area contributed by atoms with Gasteiger partial charge in [-0.3, -0.25) is 9.78 Å². The number of carbonyl (C=O) groups is 1. The topological polar surface area (TPSA) is 33.2 Å². The fraction of sp³-hybridized carbons (Fsp3) is 0.500. The number of likely N-dealkylation sites (tertiary alicyclic amines) is 1. The maximum absolute atomic E-state index is 12.2. The molecule has 1 unspecified atom stereocenters. The van der Waals surface area contributed by atoms with Crippen LogP contribution in [0.5, 0.6) is 0 Å². The molecule has 5 heteroatoms. The minimum atomic E-state index is 0.0496. The average molecular weight is 318 g/mol. The summed E-state index contributed by atoms with van der Waals surface area (Å²) in [7, 11) is 0. The van der Waals surface area contributed by atoms with Crippen molar-refractivity contribution < 1.29 is 4.79 Å². The number of hydrogen-bond donors (Lipinski definition) is 0. The Morgan fingerprint density at radius 3 is 3.12 bits per heavy atom. The maximum atomic E-state index is 12.2. The molecule has 0 aromatic carbocycles. The number of carbonyl (C=O) groups excluding carboxylic acids is 1. The van der Waals surface area contributed by atoms with Crippen LogP contribution in [0.4, 0.5) is 0 Å². The molecule has 0 radical (unpaired) electrons. The van der Waals surface area contributed by atoms with Crippen molar-refractivity contribution in [1.29, 1.82) is 0 Å². The summed E-state index contributed by atoms with van der Waals surface area (Å²) in [6.45, 7) is 1.58. The van der Waals surface area contributed by atoms with Crippen molar-refractivity contribution in [2.75, 3.05) is 19.0 Å². The fourth-order valence-corrected chi connectivity index (χ4v) is 2.70. The highest BCUT2D eigenvalue weighted by molar-refractivity contribution is 9.10. The largest absolute Gasteiger partial charge is 0.338 e. The maximum Gasteiger partial charge on any atom is 0.255 e. The lowest BCUT2D eigenvalue weighted by molar-refractivity contribution is 0.0684. The summed E-state index contributed by atoms with van der Waals surface area (Å²) in [6, 6.07) is 1.81. The quantitative estimate of drug-likeness (QED) is 0.786. The fourth-order valence-electron chi connectivity index (χ4n) is 2.09. The molecule has 1 saturated heterocycles. The zero-order chi connectivity index (χ0) is 12.3. The lowest BCUT2D eigenvalue weighted by Gasteiger charge is -2.31. The predicted octanol–water partition coefficient (Wildman–Crippen LogP) is 2.94. The Labute approximate surface area is 114 Å². The van der Waals surface area contributed by atoms with E-state index in [0.29, 0.717) is 17.4 Å². The van der Waals surface area contributed by atoms with Gasteiger partial charge < -0.3 is 4.90 Å². The van der Waals surface area contributed by atoms with Crippen LogP contribution >= 0.6 is 27.5 Å². The molecule has 1 aromatic rings. The molecule has 1 aliphatic heterocycles. The number of pyridine rings is 1. The van der Waals surface area contributed by atoms with Crippen LogP contribution in [-0.4, -0.2) is 34.8 Å². The highest BCUT2D eigenvalue weighted by Crippen LogP contribution is 2.20. The normalized spacial score (nSPS) is 20.4. The van der Waals surface area contributed by atoms with Crippen LogP contribution in [0.15, 0.2) is 22.9 Å². The van der Waals surface area contributed by atoms with E-state index < -0.39 is 0 Å². The number of hydrogen-bond acceptors (Lipinski definition) is 2. The molecule has 1 amide bonds. The lowest BCUT2D eigenvalue weighted by atomic mass is 9.99. The second-order valence-corrected chi connectivity index (χ2v) is 5.53. The van der Waals surface area contributed by atoms with Gasteiger partial charge in [-0.25, -0.2) is 0 Å². The average Bonchev–Trinajstić information content (AvgIpc) is 2.38. The predicted molar refractivity (Wildman–Crippen MR) is 71.3 cm³/mol. The zero-order valence-electron chi connectivity index (χ0n) is 9.40. The van der Waals surface area contributed by atoms with Crippen molar-refractivity contribution in [3.8, 4) is 0 Å². The molecule has 0 N–H and O–H groups in total. The van der Waals surface area contributed by atoms with Gasteiger partial charge in [-0.05, 0) is 40.8 Å². The molecule has 3 nitrogen and oxygen atoms in total. The summed E-state index contributed by atoms with van der Waals surface area (Å²) in [5, 5.41) is 0. The number of halogens is 2. The number of nitrogens with zero attached hydrogens (tertiary/aromatic N) is 2. The summed E-state index contributed by atoms with van der Waals surface area (Å²) >= 11 is 9.19. The van der Waals surface area contributed by atoms with Crippen LogP contribution in [0.25, 0.3) is 0 Å². The van der Waals surface area contributed by atoms with Crippen molar-refractivity contribution in [2.45, 2.75) is 12.8 Å². The van der Waals surface area contributed by atoms with Gasteiger partial charge in [-0.1, -0.05) is 0 Å². The SMILES string of the molecule is O=C(c1cncc(Br)c1)N1CCCC(CCl)C1. The first-order chi connectivity index (χ1) is 8.20. The van der Waals surface area contributed by atoms with Gasteiger partial charge in [0, 0.05) is 35.8 Å². The molecule has 1 aliphatic rings. The summed E-state index contributed by atoms with van der Waals surface area (Å²) < 4.78 is 0.828. The van der Waals surface area contributed by atoms with Gasteiger partial charge in [0.2, 0.25) is 0 Å². The molecular weight excluding hydrogens is 304 g/mol. The van der Waals surface area contributed by atoms with Crippen molar-refractivity contribution in [3.63, 3.8) is 0 Å². The minimum absolute atomic E-state index is 0.0496. The van der Waals surface area contributed by atoms with Crippen molar-refractivity contribution >= 4 is 33.4 Å². The summed E-state index contributed by atoms with van der Waals surface area (Å²) in [6.07, 6.45) is 5.43. The third kappa shape index (κ3) is 3.19. The van der Waals surface area contributed by atoms with E-state index in [4.69, 9.17) is 11.6 Å². The Kier molecular flexibility index (Phi) is 4.40. The molecule has 2 rings (SSSR count). The molecule has 17 heavy (non-hydrogen) atoms. The standard InChI is InChI=1S/C12H14BrClN2O/c13-11-4-10(6-15-7-11)12(17)16-3-1-2-9(5-14)8-16/h4,6-7,9H,1-3,5,8H2. The molecule has 0 saturated carbocycles. The van der Waals surface area contributed by atoms with Crippen LogP contribution in [-0.2, 0) is 0 Å². The molecule has 1 aromatic heterocycles. The zero-order valence-corrected chi connectivity index (χ0v) is 11.7. The number of alkyl halides is 1. The van der Waals surface area contributed by atoms with Gasteiger partial charge in [0.25, 0.3) is 5.91 Å². The molecule has 92 valence electrons. The molecular formula is C12H14BrClN2O. The minimum Gasteiger partial charge on any atom is -0.338 e. The van der Waals surface area contributed by atoms with E-state index >= 15 is 0 Å². The van der Waals surface area contributed by atoms with Crippen LogP contribution in [0.3, 0.4) is 0 Å². The molecule has 0 bridgehead atoms. The molecule has 1 fully saturated rings. The van der Waals surface area contributed by atoms with E-state index in [-0.39, 0.29) is 5.91 Å². The van der Waals surface area contributed by atoms with Gasteiger partial charge in [0.15, 0.2) is 0 Å². The molecule has 1 atom stereocenters. The third-order valence-electron chi connectivity index (χ3n) is 2.98. The van der Waals surface area contributed by atoms with Crippen molar-refractivity contribution in [2.24, 2.45) is 5.92 Å². The van der Waals surface area contributed by atoms with Gasteiger partial charge in [-0.2, -0.15) is 0 Å². The summed E-state index contributed by atoms with van der Waals surface area (Å²) in [5.41, 5.74) is 0.634. The number of amides is 1. The van der Waals surface area contributed by atoms with Crippen LogP contribution in [0.2, 0.25) is 0 Å². The highest BCUT2D eigenvalue weighted by atomic mass is 79.9. The van der Waals surface area contributed by atoms with E-state index in [1.54, 1.807) is 18.5 Å². The summed E-state index contributed by atoms with van der Waals surface area (Å²) in [4.78, 5) is 18.1. The third-order valence-corrected chi connectivity index (χ3v) is 3.85. The van der Waals surface area contributed by atoms with Crippen molar-refractivity contribution in [3.05, 3.63) is 28.5 Å². The van der Waals surface area contributed by atoms with Crippen LogP contribution < -0.4 is 0 Å². The van der Waals surface area contributed by atoms with Gasteiger partial charge in [0.05, 0.1) is 5.56 Å². The Morgan fingerprint density at radius 2 is 2.41 bits per heavy atom. The Balaban J connectivity index is 2.09.